The highest BCUT2D eigenvalue weighted by Crippen LogP contribution is 2.25. The maximum Gasteiger partial charge on any atom is 0.302 e. The van der Waals surface area contributed by atoms with Crippen LogP contribution in [0, 0.1) is 0 Å². The highest BCUT2D eigenvalue weighted by molar-refractivity contribution is 5.86. The Kier molecular flexibility index (Phi) is 36.6. The summed E-state index contributed by atoms with van der Waals surface area (Å²) in [5.41, 5.74) is 1.54. The molecule has 18 nitrogen and oxygen atoms in total. The summed E-state index contributed by atoms with van der Waals surface area (Å²) in [6, 6.07) is 35.2. The molecule has 0 spiro atoms. The first-order chi connectivity index (χ1) is 42.4. The summed E-state index contributed by atoms with van der Waals surface area (Å²) in [7, 11) is 0. The van der Waals surface area contributed by atoms with Gasteiger partial charge in [0.15, 0.2) is 0 Å². The van der Waals surface area contributed by atoms with Crippen molar-refractivity contribution >= 4 is 55.0 Å². The summed E-state index contributed by atoms with van der Waals surface area (Å²) >= 11 is 0. The molecule has 0 amide bonds. The van der Waals surface area contributed by atoms with Crippen LogP contribution in [-0.4, -0.2) is 135 Å². The molecule has 0 aliphatic rings. The van der Waals surface area contributed by atoms with E-state index < -0.39 is 28.6 Å². The predicted octanol–water partition coefficient (Wildman–Crippen LogP) is 14.7. The highest BCUT2D eigenvalue weighted by atomic mass is 16.6. The van der Waals surface area contributed by atoms with E-state index in [0.717, 1.165) is 62.5 Å². The number of esters is 4. The Morgan fingerprint density at radius 2 is 0.589 bits per heavy atom. The van der Waals surface area contributed by atoms with Crippen LogP contribution in [-0.2, 0) is 38.1 Å². The molecule has 0 aliphatic heterocycles. The molecule has 5 N–H and O–H groups in total. The number of benzene rings is 5. The lowest BCUT2D eigenvalue weighted by molar-refractivity contribution is -0.147. The number of ether oxygens (including phenoxy) is 4. The van der Waals surface area contributed by atoms with Crippen molar-refractivity contribution < 1.29 is 63.7 Å². The first kappa shape index (κ1) is 79.3. The summed E-state index contributed by atoms with van der Waals surface area (Å²) < 4.78 is 20.3. The molecule has 5 rings (SSSR count). The summed E-state index contributed by atoms with van der Waals surface area (Å²) in [5, 5.41) is 48.2. The zero-order chi connectivity index (χ0) is 67.8. The molecule has 0 aromatic heterocycles. The summed E-state index contributed by atoms with van der Waals surface area (Å²) in [6.45, 7) is 28.5. The minimum Gasteiger partial charge on any atom is -0.507 e. The van der Waals surface area contributed by atoms with Crippen LogP contribution in [0.5, 0.6) is 28.7 Å². The van der Waals surface area contributed by atoms with Gasteiger partial charge in [0.25, 0.3) is 0 Å². The molecule has 0 aliphatic carbocycles. The van der Waals surface area contributed by atoms with Gasteiger partial charge in [-0.25, -0.2) is 0 Å². The molecule has 0 bridgehead atoms. The number of hydrogen-bond acceptors (Lipinski definition) is 18. The fourth-order valence-corrected chi connectivity index (χ4v) is 8.10. The zero-order valence-electron chi connectivity index (χ0n) is 55.9. The van der Waals surface area contributed by atoms with Crippen molar-refractivity contribution in [1.82, 2.24) is 0 Å². The Morgan fingerprint density at radius 1 is 0.344 bits per heavy atom. The molecular formula is C72H101N5O13. The molecule has 0 fully saturated rings. The average Bonchev–Trinajstić information content (AvgIpc) is 1.87. The SMILES string of the molecule is CCC(C)(C)N=Cc1ccccc1O.CCCC(C)(C)N=Cc1ccccc1O.CCCC(C)(COC(C)=O)N=Cc1ccccc1O.CCCC(C)(COC(C)=O)N=Cc1ccccc1O.CCCC(COC(C)=O)(COC(C)=O)N=Cc1ccccc1O. The first-order valence-corrected chi connectivity index (χ1v) is 30.6. The molecule has 5 aromatic carbocycles. The van der Waals surface area contributed by atoms with E-state index in [1.807, 2.05) is 63.2 Å². The van der Waals surface area contributed by atoms with Gasteiger partial charge in [0.1, 0.15) is 60.7 Å². The number of carbonyl (C=O) groups is 4. The van der Waals surface area contributed by atoms with Gasteiger partial charge in [0.2, 0.25) is 0 Å². The van der Waals surface area contributed by atoms with E-state index in [2.05, 4.69) is 80.4 Å². The Hall–Kier alpha value is -8.67. The van der Waals surface area contributed by atoms with Crippen LogP contribution < -0.4 is 0 Å². The molecule has 492 valence electrons. The van der Waals surface area contributed by atoms with E-state index in [1.54, 1.807) is 104 Å². The zero-order valence-corrected chi connectivity index (χ0v) is 55.9. The molecular weight excluding hydrogens is 1140 g/mol. The molecule has 2 atom stereocenters. The summed E-state index contributed by atoms with van der Waals surface area (Å²) in [6.07, 6.45) is 16.3. The van der Waals surface area contributed by atoms with Crippen molar-refractivity contribution in [3.8, 4) is 28.7 Å². The average molecular weight is 1240 g/mol. The number of aliphatic imine (C=N–C) groups is 5. The van der Waals surface area contributed by atoms with Gasteiger partial charge in [-0.15, -0.1) is 0 Å². The topological polar surface area (TPSA) is 268 Å². The molecule has 0 heterocycles. The van der Waals surface area contributed by atoms with Crippen molar-refractivity contribution in [2.75, 3.05) is 26.4 Å². The second kappa shape index (κ2) is 41.5. The molecule has 0 saturated carbocycles. The minimum atomic E-state index is -0.867. The van der Waals surface area contributed by atoms with Gasteiger partial charge in [0.05, 0.1) is 22.2 Å². The lowest BCUT2D eigenvalue weighted by Gasteiger charge is -2.28. The number of rotatable bonds is 27. The number of hydrogen-bond donors (Lipinski definition) is 5. The first-order valence-electron chi connectivity index (χ1n) is 30.6. The Balaban J connectivity index is 0.000000568. The number of aromatic hydroxyl groups is 5. The summed E-state index contributed by atoms with van der Waals surface area (Å²) in [4.78, 5) is 66.5. The summed E-state index contributed by atoms with van der Waals surface area (Å²) in [5.74, 6) is -0.411. The third-order valence-corrected chi connectivity index (χ3v) is 13.6. The van der Waals surface area contributed by atoms with Gasteiger partial charge in [-0.3, -0.25) is 44.1 Å². The van der Waals surface area contributed by atoms with Crippen molar-refractivity contribution in [2.24, 2.45) is 25.0 Å². The van der Waals surface area contributed by atoms with E-state index in [4.69, 9.17) is 18.9 Å². The lowest BCUT2D eigenvalue weighted by atomic mass is 9.96. The second-order valence-electron chi connectivity index (χ2n) is 23.4. The van der Waals surface area contributed by atoms with E-state index >= 15 is 0 Å². The number of carbonyl (C=O) groups excluding carboxylic acids is 4. The normalized spacial score (nSPS) is 12.9. The number of phenols is 5. The van der Waals surface area contributed by atoms with E-state index in [1.165, 1.54) is 33.9 Å². The van der Waals surface area contributed by atoms with Crippen molar-refractivity contribution in [3.63, 3.8) is 0 Å². The van der Waals surface area contributed by atoms with Gasteiger partial charge in [0, 0.05) is 86.6 Å². The Morgan fingerprint density at radius 3 is 0.844 bits per heavy atom. The van der Waals surface area contributed by atoms with E-state index in [0.29, 0.717) is 23.1 Å². The molecule has 0 saturated heterocycles. The Bertz CT molecular complexity index is 2990. The molecule has 18 heteroatoms. The lowest BCUT2D eigenvalue weighted by Crippen LogP contribution is -2.39. The number of phenolic OH excluding ortho intramolecular Hbond substituents is 5. The fraction of sp³-hybridized carbons (Fsp3) is 0.458. The van der Waals surface area contributed by atoms with E-state index in [9.17, 15) is 44.7 Å². The number of nitrogens with zero attached hydrogens (tertiary/aromatic N) is 5. The van der Waals surface area contributed by atoms with Crippen LogP contribution >= 0.6 is 0 Å². The Labute approximate surface area is 535 Å². The van der Waals surface area contributed by atoms with Gasteiger partial charge in [-0.05, 0) is 134 Å². The van der Waals surface area contributed by atoms with Gasteiger partial charge >= 0.3 is 23.9 Å². The monoisotopic (exact) mass is 1240 g/mol. The second-order valence-corrected chi connectivity index (χ2v) is 23.4. The quantitative estimate of drug-likeness (QED) is 0.0186. The third-order valence-electron chi connectivity index (χ3n) is 13.6. The maximum atomic E-state index is 11.1. The third kappa shape index (κ3) is 34.2. The van der Waals surface area contributed by atoms with Crippen molar-refractivity contribution in [1.29, 1.82) is 0 Å². The smallest absolute Gasteiger partial charge is 0.302 e. The largest absolute Gasteiger partial charge is 0.507 e. The van der Waals surface area contributed by atoms with Crippen LogP contribution in [0.1, 0.15) is 189 Å². The predicted molar refractivity (Wildman–Crippen MR) is 363 cm³/mol. The fourth-order valence-electron chi connectivity index (χ4n) is 8.10. The van der Waals surface area contributed by atoms with E-state index in [-0.39, 0.29) is 78.2 Å². The van der Waals surface area contributed by atoms with Gasteiger partial charge < -0.3 is 44.5 Å². The van der Waals surface area contributed by atoms with Crippen molar-refractivity contribution in [2.45, 2.75) is 189 Å². The maximum absolute atomic E-state index is 11.1. The van der Waals surface area contributed by atoms with Crippen molar-refractivity contribution in [3.05, 3.63) is 149 Å². The van der Waals surface area contributed by atoms with Crippen LogP contribution in [0.4, 0.5) is 0 Å². The van der Waals surface area contributed by atoms with Crippen LogP contribution in [0.25, 0.3) is 0 Å². The molecule has 90 heavy (non-hydrogen) atoms. The molecule has 5 aromatic rings. The van der Waals surface area contributed by atoms with Gasteiger partial charge in [-0.1, -0.05) is 121 Å². The minimum absolute atomic E-state index is 0.00749. The molecule has 0 radical (unpaired) electrons. The van der Waals surface area contributed by atoms with Crippen LogP contribution in [0.2, 0.25) is 0 Å². The van der Waals surface area contributed by atoms with Crippen LogP contribution in [0.15, 0.2) is 146 Å². The van der Waals surface area contributed by atoms with Crippen LogP contribution in [0.3, 0.4) is 0 Å². The standard InChI is InChI=1S/C17H23NO5.2C15H21NO3.C13H19NO.C12H17NO/c1-4-9-17(11-22-13(2)19,12-23-14(3)20)18-10-15-7-5-6-8-16(15)21;2*1-4-9-15(3,11-19-12(2)17)16-10-13-7-5-6-8-14(13)18;1-4-9-13(2,3)14-10-11-7-5-6-8-12(11)15;1-4-12(2,3)13-9-10-7-5-6-8-11(10)14/h5-8,10,21H,4,9,11-12H2,1-3H3;2*5-8,10,18H,4,9,11H2,1-3H3;5-8,10,15H,4,9H2,1-3H3;5-9,14H,4H2,1-3H3. The number of para-hydroxylation sites is 5. The van der Waals surface area contributed by atoms with Gasteiger partial charge in [-0.2, -0.15) is 0 Å². The highest BCUT2D eigenvalue weighted by Gasteiger charge is 2.32. The molecule has 2 unspecified atom stereocenters.